The molecular formula is C11H18N2OS. The van der Waals surface area contributed by atoms with E-state index in [-0.39, 0.29) is 6.61 Å². The maximum atomic E-state index is 8.82. The van der Waals surface area contributed by atoms with Gasteiger partial charge in [0.1, 0.15) is 0 Å². The molecule has 1 unspecified atom stereocenters. The third-order valence-corrected chi connectivity index (χ3v) is 4.01. The van der Waals surface area contributed by atoms with E-state index in [9.17, 15) is 0 Å². The zero-order valence-corrected chi connectivity index (χ0v) is 9.91. The first kappa shape index (κ1) is 11.0. The van der Waals surface area contributed by atoms with Gasteiger partial charge in [0.15, 0.2) is 0 Å². The average molecular weight is 226 g/mol. The van der Waals surface area contributed by atoms with Gasteiger partial charge in [-0.05, 0) is 19.3 Å². The normalized spacial score (nSPS) is 18.0. The third-order valence-electron chi connectivity index (χ3n) is 2.74. The van der Waals surface area contributed by atoms with Crippen molar-refractivity contribution in [2.45, 2.75) is 43.2 Å². The fourth-order valence-corrected chi connectivity index (χ4v) is 2.57. The molecule has 0 bridgehead atoms. The highest BCUT2D eigenvalue weighted by Crippen LogP contribution is 2.36. The minimum atomic E-state index is 0.288. The topological polar surface area (TPSA) is 38.1 Å². The highest BCUT2D eigenvalue weighted by atomic mass is 32.2. The SMILES string of the molecule is CC(CCO)SCc1cncn1C1CC1. The van der Waals surface area contributed by atoms with E-state index < -0.39 is 0 Å². The van der Waals surface area contributed by atoms with Crippen LogP contribution in [0.3, 0.4) is 0 Å². The number of hydrogen-bond donors (Lipinski definition) is 1. The lowest BCUT2D eigenvalue weighted by Crippen LogP contribution is -2.02. The van der Waals surface area contributed by atoms with Crippen molar-refractivity contribution in [2.75, 3.05) is 6.61 Å². The standard InChI is InChI=1S/C11H18N2OS/c1-9(4-5-14)15-7-11-6-12-8-13(11)10-2-3-10/h6,8-10,14H,2-5,7H2,1H3. The maximum absolute atomic E-state index is 8.82. The van der Waals surface area contributed by atoms with Crippen molar-refractivity contribution in [1.82, 2.24) is 9.55 Å². The molecule has 1 heterocycles. The van der Waals surface area contributed by atoms with Gasteiger partial charge in [-0.3, -0.25) is 0 Å². The van der Waals surface area contributed by atoms with Crippen LogP contribution in [0, 0.1) is 0 Å². The predicted octanol–water partition coefficient (Wildman–Crippen LogP) is 2.22. The van der Waals surface area contributed by atoms with Gasteiger partial charge < -0.3 is 9.67 Å². The molecular weight excluding hydrogens is 208 g/mol. The smallest absolute Gasteiger partial charge is 0.0951 e. The van der Waals surface area contributed by atoms with E-state index >= 15 is 0 Å². The number of nitrogens with zero attached hydrogens (tertiary/aromatic N) is 2. The van der Waals surface area contributed by atoms with Gasteiger partial charge in [0, 0.05) is 35.5 Å². The number of imidazole rings is 1. The van der Waals surface area contributed by atoms with Crippen molar-refractivity contribution in [3.05, 3.63) is 18.2 Å². The summed E-state index contributed by atoms with van der Waals surface area (Å²) in [5.41, 5.74) is 1.33. The third kappa shape index (κ3) is 2.98. The first-order valence-electron chi connectivity index (χ1n) is 5.54. The lowest BCUT2D eigenvalue weighted by molar-refractivity contribution is 0.289. The first-order valence-corrected chi connectivity index (χ1v) is 6.59. The van der Waals surface area contributed by atoms with Crippen LogP contribution in [-0.2, 0) is 5.75 Å². The molecule has 0 amide bonds. The number of hydrogen-bond acceptors (Lipinski definition) is 3. The Morgan fingerprint density at radius 1 is 1.67 bits per heavy atom. The molecule has 1 atom stereocenters. The number of rotatable bonds is 6. The number of aliphatic hydroxyl groups excluding tert-OH is 1. The van der Waals surface area contributed by atoms with Crippen LogP contribution in [0.25, 0.3) is 0 Å². The Kier molecular flexibility index (Phi) is 3.70. The Morgan fingerprint density at radius 2 is 2.47 bits per heavy atom. The van der Waals surface area contributed by atoms with Crippen molar-refractivity contribution in [3.63, 3.8) is 0 Å². The molecule has 0 aliphatic heterocycles. The minimum absolute atomic E-state index is 0.288. The van der Waals surface area contributed by atoms with Gasteiger partial charge in [-0.1, -0.05) is 6.92 Å². The van der Waals surface area contributed by atoms with Crippen LogP contribution < -0.4 is 0 Å². The molecule has 4 heteroatoms. The van der Waals surface area contributed by atoms with Crippen molar-refractivity contribution in [1.29, 1.82) is 0 Å². The molecule has 0 aromatic carbocycles. The van der Waals surface area contributed by atoms with Gasteiger partial charge in [0.05, 0.1) is 6.33 Å². The van der Waals surface area contributed by atoms with Crippen LogP contribution in [0.4, 0.5) is 0 Å². The van der Waals surface area contributed by atoms with Gasteiger partial charge in [-0.25, -0.2) is 4.98 Å². The summed E-state index contributed by atoms with van der Waals surface area (Å²) in [6, 6.07) is 0.719. The maximum Gasteiger partial charge on any atom is 0.0951 e. The molecule has 0 spiro atoms. The second kappa shape index (κ2) is 5.03. The number of aromatic nitrogens is 2. The second-order valence-electron chi connectivity index (χ2n) is 4.16. The van der Waals surface area contributed by atoms with Crippen molar-refractivity contribution >= 4 is 11.8 Å². The molecule has 84 valence electrons. The first-order chi connectivity index (χ1) is 7.31. The summed E-state index contributed by atoms with van der Waals surface area (Å²) in [6.07, 6.45) is 7.41. The lowest BCUT2D eigenvalue weighted by Gasteiger charge is -2.10. The van der Waals surface area contributed by atoms with E-state index in [1.807, 2.05) is 24.3 Å². The number of aliphatic hydroxyl groups is 1. The highest BCUT2D eigenvalue weighted by molar-refractivity contribution is 7.99. The van der Waals surface area contributed by atoms with Crippen LogP contribution in [0.2, 0.25) is 0 Å². The van der Waals surface area contributed by atoms with E-state index in [0.29, 0.717) is 5.25 Å². The quantitative estimate of drug-likeness (QED) is 0.808. The van der Waals surface area contributed by atoms with Crippen LogP contribution in [0.5, 0.6) is 0 Å². The zero-order valence-electron chi connectivity index (χ0n) is 9.09. The minimum Gasteiger partial charge on any atom is -0.396 e. The molecule has 1 fully saturated rings. The summed E-state index contributed by atoms with van der Waals surface area (Å²) in [7, 11) is 0. The Bertz CT molecular complexity index is 309. The van der Waals surface area contributed by atoms with Gasteiger partial charge in [0.2, 0.25) is 0 Å². The van der Waals surface area contributed by atoms with E-state index in [2.05, 4.69) is 16.5 Å². The molecule has 1 aromatic heterocycles. The van der Waals surface area contributed by atoms with Gasteiger partial charge in [-0.15, -0.1) is 0 Å². The van der Waals surface area contributed by atoms with E-state index in [1.54, 1.807) is 0 Å². The molecule has 15 heavy (non-hydrogen) atoms. The van der Waals surface area contributed by atoms with Crippen molar-refractivity contribution < 1.29 is 5.11 Å². The van der Waals surface area contributed by atoms with Crippen molar-refractivity contribution in [2.24, 2.45) is 0 Å². The second-order valence-corrected chi connectivity index (χ2v) is 5.58. The van der Waals surface area contributed by atoms with Crippen molar-refractivity contribution in [3.8, 4) is 0 Å². The molecule has 0 saturated heterocycles. The summed E-state index contributed by atoms with van der Waals surface area (Å²) in [5, 5.41) is 9.34. The zero-order chi connectivity index (χ0) is 10.7. The Morgan fingerprint density at radius 3 is 3.13 bits per heavy atom. The van der Waals surface area contributed by atoms with E-state index in [4.69, 9.17) is 5.11 Å². The van der Waals surface area contributed by atoms with E-state index in [1.165, 1.54) is 18.5 Å². The van der Waals surface area contributed by atoms with Crippen LogP contribution in [0.1, 0.15) is 37.9 Å². The lowest BCUT2D eigenvalue weighted by atomic mass is 10.3. The summed E-state index contributed by atoms with van der Waals surface area (Å²) in [4.78, 5) is 4.21. The average Bonchev–Trinajstić information content (AvgIpc) is 2.96. The monoisotopic (exact) mass is 226 g/mol. The molecule has 1 aliphatic carbocycles. The van der Waals surface area contributed by atoms with Gasteiger partial charge in [0.25, 0.3) is 0 Å². The predicted molar refractivity (Wildman–Crippen MR) is 63.0 cm³/mol. The molecule has 1 saturated carbocycles. The molecule has 0 radical (unpaired) electrons. The summed E-state index contributed by atoms with van der Waals surface area (Å²) in [6.45, 7) is 2.45. The Balaban J connectivity index is 1.84. The molecule has 1 aromatic rings. The van der Waals surface area contributed by atoms with Gasteiger partial charge >= 0.3 is 0 Å². The Hall–Kier alpha value is -0.480. The van der Waals surface area contributed by atoms with Gasteiger partial charge in [-0.2, -0.15) is 11.8 Å². The van der Waals surface area contributed by atoms with Crippen LogP contribution >= 0.6 is 11.8 Å². The molecule has 1 N–H and O–H groups in total. The molecule has 3 nitrogen and oxygen atoms in total. The number of thioether (sulfide) groups is 1. The Labute approximate surface area is 94.9 Å². The summed E-state index contributed by atoms with van der Waals surface area (Å²) >= 11 is 1.90. The summed E-state index contributed by atoms with van der Waals surface area (Å²) in [5.74, 6) is 1.01. The fraction of sp³-hybridized carbons (Fsp3) is 0.727. The fourth-order valence-electron chi connectivity index (χ4n) is 1.62. The van der Waals surface area contributed by atoms with Crippen LogP contribution in [-0.4, -0.2) is 26.5 Å². The van der Waals surface area contributed by atoms with E-state index in [0.717, 1.165) is 18.2 Å². The molecule has 1 aliphatic rings. The highest BCUT2D eigenvalue weighted by Gasteiger charge is 2.25. The van der Waals surface area contributed by atoms with Crippen LogP contribution in [0.15, 0.2) is 12.5 Å². The molecule has 2 rings (SSSR count). The summed E-state index contributed by atoms with van der Waals surface area (Å²) < 4.78 is 2.30. The largest absolute Gasteiger partial charge is 0.396 e.